The summed E-state index contributed by atoms with van der Waals surface area (Å²) < 4.78 is 0. The van der Waals surface area contributed by atoms with Crippen molar-refractivity contribution in [3.8, 4) is 0 Å². The number of carbonyl (C=O) groups is 1. The van der Waals surface area contributed by atoms with Gasteiger partial charge in [0, 0.05) is 11.1 Å². The normalized spacial score (nSPS) is 15.7. The Morgan fingerprint density at radius 2 is 1.83 bits per heavy atom. The summed E-state index contributed by atoms with van der Waals surface area (Å²) in [6.45, 7) is 8.52. The van der Waals surface area contributed by atoms with Crippen LogP contribution in [0, 0.1) is 13.8 Å². The van der Waals surface area contributed by atoms with Crippen molar-refractivity contribution in [3.05, 3.63) is 70.3 Å². The lowest BCUT2D eigenvalue weighted by Crippen LogP contribution is -2.30. The van der Waals surface area contributed by atoms with Gasteiger partial charge in [-0.1, -0.05) is 48.0 Å². The largest absolute Gasteiger partial charge is 0.294 e. The van der Waals surface area contributed by atoms with Gasteiger partial charge in [0.05, 0.1) is 17.7 Å². The molecule has 1 aliphatic heterocycles. The van der Waals surface area contributed by atoms with Crippen molar-refractivity contribution in [1.29, 1.82) is 0 Å². The first-order valence-electron chi connectivity index (χ1n) is 8.13. The van der Waals surface area contributed by atoms with Gasteiger partial charge in [0.15, 0.2) is 5.78 Å². The molecule has 1 aliphatic rings. The molecule has 0 radical (unpaired) electrons. The molecule has 2 heteroatoms. The van der Waals surface area contributed by atoms with E-state index in [0.717, 1.165) is 17.7 Å². The summed E-state index contributed by atoms with van der Waals surface area (Å²) >= 11 is 0. The Kier molecular flexibility index (Phi) is 3.93. The third kappa shape index (κ3) is 3.26. The lowest BCUT2D eigenvalue weighted by Gasteiger charge is -2.30. The zero-order chi connectivity index (χ0) is 16.6. The standard InChI is InChI=1S/C21H23NO/c1-14-10-15(2)20-17(11-14)13-21(3,4)22-18(20)12-19(23)16-8-6-5-7-9-16/h5-11H,12-13H2,1-4H3. The number of hydrogen-bond acceptors (Lipinski definition) is 2. The molecule has 0 spiro atoms. The Hall–Kier alpha value is -2.22. The Labute approximate surface area is 138 Å². The maximum Gasteiger partial charge on any atom is 0.168 e. The first kappa shape index (κ1) is 15.7. The number of benzene rings is 2. The molecular weight excluding hydrogens is 282 g/mol. The molecule has 23 heavy (non-hydrogen) atoms. The van der Waals surface area contributed by atoms with Gasteiger partial charge in [0.2, 0.25) is 0 Å². The second-order valence-electron chi connectivity index (χ2n) is 7.13. The van der Waals surface area contributed by atoms with Crippen LogP contribution >= 0.6 is 0 Å². The lowest BCUT2D eigenvalue weighted by atomic mass is 9.82. The van der Waals surface area contributed by atoms with E-state index in [1.165, 1.54) is 22.3 Å². The van der Waals surface area contributed by atoms with Gasteiger partial charge in [-0.25, -0.2) is 0 Å². The van der Waals surface area contributed by atoms with E-state index in [-0.39, 0.29) is 11.3 Å². The number of ketones is 1. The van der Waals surface area contributed by atoms with Crippen LogP contribution in [0.15, 0.2) is 47.5 Å². The molecule has 2 aromatic rings. The highest BCUT2D eigenvalue weighted by atomic mass is 16.1. The number of hydrogen-bond donors (Lipinski definition) is 0. The van der Waals surface area contributed by atoms with Crippen LogP contribution in [0.5, 0.6) is 0 Å². The van der Waals surface area contributed by atoms with Crippen molar-refractivity contribution in [2.75, 3.05) is 0 Å². The Bertz CT molecular complexity index is 785. The molecule has 0 aliphatic carbocycles. The zero-order valence-corrected chi connectivity index (χ0v) is 14.3. The number of fused-ring (bicyclic) bond motifs is 1. The van der Waals surface area contributed by atoms with E-state index < -0.39 is 0 Å². The molecule has 1 heterocycles. The Morgan fingerprint density at radius 1 is 1.13 bits per heavy atom. The van der Waals surface area contributed by atoms with Gasteiger partial charge in [-0.2, -0.15) is 0 Å². The van der Waals surface area contributed by atoms with E-state index in [1.807, 2.05) is 30.3 Å². The summed E-state index contributed by atoms with van der Waals surface area (Å²) in [6, 6.07) is 13.9. The van der Waals surface area contributed by atoms with Crippen LogP contribution in [-0.2, 0) is 6.42 Å². The fraction of sp³-hybridized carbons (Fsp3) is 0.333. The summed E-state index contributed by atoms with van der Waals surface area (Å²) in [4.78, 5) is 17.5. The molecule has 0 saturated heterocycles. The molecule has 3 rings (SSSR count). The number of rotatable bonds is 3. The maximum absolute atomic E-state index is 12.6. The quantitative estimate of drug-likeness (QED) is 0.756. The minimum Gasteiger partial charge on any atom is -0.294 e. The van der Waals surface area contributed by atoms with Crippen molar-refractivity contribution in [3.63, 3.8) is 0 Å². The number of nitrogens with zero attached hydrogens (tertiary/aromatic N) is 1. The van der Waals surface area contributed by atoms with Crippen LogP contribution in [0.2, 0.25) is 0 Å². The van der Waals surface area contributed by atoms with Crippen molar-refractivity contribution in [1.82, 2.24) is 0 Å². The fourth-order valence-corrected chi connectivity index (χ4v) is 3.54. The van der Waals surface area contributed by atoms with Crippen LogP contribution in [0.25, 0.3) is 0 Å². The molecule has 0 N–H and O–H groups in total. The predicted molar refractivity (Wildman–Crippen MR) is 95.6 cm³/mol. The second-order valence-corrected chi connectivity index (χ2v) is 7.13. The van der Waals surface area contributed by atoms with Crippen molar-refractivity contribution in [2.45, 2.75) is 46.1 Å². The van der Waals surface area contributed by atoms with Gasteiger partial charge in [-0.3, -0.25) is 9.79 Å². The van der Waals surface area contributed by atoms with E-state index in [1.54, 1.807) is 0 Å². The first-order chi connectivity index (χ1) is 10.9. The summed E-state index contributed by atoms with van der Waals surface area (Å²) in [6.07, 6.45) is 1.29. The minimum absolute atomic E-state index is 0.132. The van der Waals surface area contributed by atoms with Crippen molar-refractivity contribution < 1.29 is 4.79 Å². The van der Waals surface area contributed by atoms with Crippen LogP contribution in [-0.4, -0.2) is 17.0 Å². The molecular formula is C21H23NO. The third-order valence-corrected chi connectivity index (χ3v) is 4.33. The lowest BCUT2D eigenvalue weighted by molar-refractivity contribution is 0.100. The van der Waals surface area contributed by atoms with E-state index in [0.29, 0.717) is 6.42 Å². The van der Waals surface area contributed by atoms with Crippen molar-refractivity contribution >= 4 is 11.5 Å². The highest BCUT2D eigenvalue weighted by molar-refractivity contribution is 6.17. The van der Waals surface area contributed by atoms with E-state index >= 15 is 0 Å². The number of carbonyl (C=O) groups excluding carboxylic acids is 1. The monoisotopic (exact) mass is 305 g/mol. The Morgan fingerprint density at radius 3 is 2.52 bits per heavy atom. The highest BCUT2D eigenvalue weighted by Crippen LogP contribution is 2.31. The Balaban J connectivity index is 2.01. The smallest absolute Gasteiger partial charge is 0.168 e. The molecule has 0 bridgehead atoms. The highest BCUT2D eigenvalue weighted by Gasteiger charge is 2.29. The van der Waals surface area contributed by atoms with Crippen LogP contribution in [0.3, 0.4) is 0 Å². The van der Waals surface area contributed by atoms with Gasteiger partial charge in [-0.15, -0.1) is 0 Å². The number of aliphatic imine (C=N–C) groups is 1. The van der Waals surface area contributed by atoms with Gasteiger partial charge < -0.3 is 0 Å². The second kappa shape index (κ2) is 5.77. The van der Waals surface area contributed by atoms with Gasteiger partial charge in [0.1, 0.15) is 0 Å². The van der Waals surface area contributed by atoms with E-state index in [9.17, 15) is 4.79 Å². The maximum atomic E-state index is 12.6. The summed E-state index contributed by atoms with van der Waals surface area (Å²) in [7, 11) is 0. The molecule has 0 aromatic heterocycles. The number of aryl methyl sites for hydroxylation is 2. The molecule has 0 fully saturated rings. The molecule has 118 valence electrons. The summed E-state index contributed by atoms with van der Waals surface area (Å²) in [5.74, 6) is 0.132. The third-order valence-electron chi connectivity index (χ3n) is 4.33. The summed E-state index contributed by atoms with van der Waals surface area (Å²) in [5.41, 5.74) is 6.52. The molecule has 2 nitrogen and oxygen atoms in total. The molecule has 0 unspecified atom stereocenters. The van der Waals surface area contributed by atoms with Crippen LogP contribution < -0.4 is 0 Å². The average Bonchev–Trinajstić information content (AvgIpc) is 2.45. The van der Waals surface area contributed by atoms with Crippen LogP contribution in [0.1, 0.15) is 52.9 Å². The molecule has 0 saturated carbocycles. The average molecular weight is 305 g/mol. The van der Waals surface area contributed by atoms with Gasteiger partial charge >= 0.3 is 0 Å². The van der Waals surface area contributed by atoms with E-state index in [4.69, 9.17) is 4.99 Å². The predicted octanol–water partition coefficient (Wildman–Crippen LogP) is 4.70. The van der Waals surface area contributed by atoms with Crippen molar-refractivity contribution in [2.24, 2.45) is 4.99 Å². The number of Topliss-reactive ketones (excluding diaryl/α,β-unsaturated/α-hetero) is 1. The first-order valence-corrected chi connectivity index (χ1v) is 8.13. The minimum atomic E-state index is -0.153. The topological polar surface area (TPSA) is 29.4 Å². The fourth-order valence-electron chi connectivity index (χ4n) is 3.54. The van der Waals surface area contributed by atoms with Gasteiger partial charge in [-0.05, 0) is 45.2 Å². The summed E-state index contributed by atoms with van der Waals surface area (Å²) in [5, 5.41) is 0. The SMILES string of the molecule is Cc1cc(C)c2c(c1)CC(C)(C)N=C2CC(=O)c1ccccc1. The van der Waals surface area contributed by atoms with E-state index in [2.05, 4.69) is 39.8 Å². The molecule has 0 amide bonds. The van der Waals surface area contributed by atoms with Crippen LogP contribution in [0.4, 0.5) is 0 Å². The molecule has 0 atom stereocenters. The molecule has 2 aromatic carbocycles. The zero-order valence-electron chi connectivity index (χ0n) is 14.3. The van der Waals surface area contributed by atoms with Gasteiger partial charge in [0.25, 0.3) is 0 Å².